The van der Waals surface area contributed by atoms with E-state index in [9.17, 15) is 5.11 Å². The normalized spacial score (nSPS) is 11.5. The Kier molecular flexibility index (Phi) is 5.75. The summed E-state index contributed by atoms with van der Waals surface area (Å²) in [4.78, 5) is 4.24. The van der Waals surface area contributed by atoms with E-state index in [1.54, 1.807) is 31.5 Å². The Morgan fingerprint density at radius 2 is 2.14 bits per heavy atom. The second-order valence-corrected chi connectivity index (χ2v) is 4.71. The molecule has 0 saturated carbocycles. The molecule has 1 heterocycles. The third-order valence-electron chi connectivity index (χ3n) is 3.20. The summed E-state index contributed by atoms with van der Waals surface area (Å²) in [6.45, 7) is 0.450. The van der Waals surface area contributed by atoms with Gasteiger partial charge in [-0.3, -0.25) is 4.98 Å². The minimum atomic E-state index is -0.825. The predicted molar refractivity (Wildman–Crippen MR) is 81.6 cm³/mol. The van der Waals surface area contributed by atoms with Gasteiger partial charge in [0.05, 0.1) is 32.3 Å². The largest absolute Gasteiger partial charge is 0.493 e. The van der Waals surface area contributed by atoms with E-state index in [0.29, 0.717) is 30.1 Å². The molecule has 0 spiro atoms. The van der Waals surface area contributed by atoms with Gasteiger partial charge in [0, 0.05) is 18.3 Å². The van der Waals surface area contributed by atoms with Gasteiger partial charge in [-0.1, -0.05) is 12.1 Å². The molecule has 0 aliphatic carbocycles. The smallest absolute Gasteiger partial charge is 0.161 e. The summed E-state index contributed by atoms with van der Waals surface area (Å²) in [5.74, 6) is 1.14. The molecule has 1 unspecified atom stereocenters. The second kappa shape index (κ2) is 8.01. The lowest BCUT2D eigenvalue weighted by Gasteiger charge is -2.14. The molecule has 0 fully saturated rings. The van der Waals surface area contributed by atoms with Crippen molar-refractivity contribution in [3.63, 3.8) is 0 Å². The van der Waals surface area contributed by atoms with Crippen LogP contribution in [0.5, 0.6) is 11.5 Å². The lowest BCUT2D eigenvalue weighted by molar-refractivity contribution is 0.182. The van der Waals surface area contributed by atoms with E-state index in [4.69, 9.17) is 14.7 Å². The first-order valence-corrected chi connectivity index (χ1v) is 7.00. The summed E-state index contributed by atoms with van der Waals surface area (Å²) in [6.07, 6.45) is 1.64. The maximum absolute atomic E-state index is 9.88. The summed E-state index contributed by atoms with van der Waals surface area (Å²) in [5, 5.41) is 18.5. The molecule has 2 aromatic rings. The number of pyridine rings is 1. The van der Waals surface area contributed by atoms with E-state index in [1.165, 1.54) is 0 Å². The molecule has 5 heteroatoms. The molecule has 0 radical (unpaired) electrons. The summed E-state index contributed by atoms with van der Waals surface area (Å²) in [6, 6.07) is 12.9. The Hall–Kier alpha value is -2.58. The minimum Gasteiger partial charge on any atom is -0.493 e. The van der Waals surface area contributed by atoms with Gasteiger partial charge < -0.3 is 14.6 Å². The van der Waals surface area contributed by atoms with Crippen LogP contribution in [-0.2, 0) is 6.42 Å². The van der Waals surface area contributed by atoms with Crippen molar-refractivity contribution in [2.75, 3.05) is 13.7 Å². The number of hydrogen-bond donors (Lipinski definition) is 1. The molecule has 1 N–H and O–H groups in total. The van der Waals surface area contributed by atoms with Crippen molar-refractivity contribution in [3.05, 3.63) is 53.9 Å². The fourth-order valence-electron chi connectivity index (χ4n) is 2.03. The van der Waals surface area contributed by atoms with Crippen LogP contribution in [0, 0.1) is 11.3 Å². The van der Waals surface area contributed by atoms with E-state index < -0.39 is 6.10 Å². The summed E-state index contributed by atoms with van der Waals surface area (Å²) < 4.78 is 11.0. The number of aliphatic hydroxyl groups excluding tert-OH is 1. The molecule has 5 nitrogen and oxygen atoms in total. The third kappa shape index (κ3) is 4.21. The van der Waals surface area contributed by atoms with Gasteiger partial charge in [-0.2, -0.15) is 5.26 Å². The number of aliphatic hydroxyl groups is 1. The van der Waals surface area contributed by atoms with E-state index >= 15 is 0 Å². The zero-order valence-corrected chi connectivity index (χ0v) is 12.4. The van der Waals surface area contributed by atoms with E-state index in [-0.39, 0.29) is 6.42 Å². The summed E-state index contributed by atoms with van der Waals surface area (Å²) in [7, 11) is 1.56. The molecule has 0 saturated heterocycles. The summed E-state index contributed by atoms with van der Waals surface area (Å²) in [5.41, 5.74) is 1.58. The lowest BCUT2D eigenvalue weighted by Crippen LogP contribution is -2.05. The van der Waals surface area contributed by atoms with Crippen LogP contribution >= 0.6 is 0 Å². The van der Waals surface area contributed by atoms with Gasteiger partial charge in [0.1, 0.15) is 0 Å². The molecule has 2 rings (SSSR count). The van der Waals surface area contributed by atoms with Gasteiger partial charge in [-0.05, 0) is 29.8 Å². The molecular weight excluding hydrogens is 280 g/mol. The molecular formula is C17H18N2O3. The Morgan fingerprint density at radius 3 is 2.82 bits per heavy atom. The van der Waals surface area contributed by atoms with Crippen molar-refractivity contribution in [1.29, 1.82) is 5.26 Å². The van der Waals surface area contributed by atoms with Gasteiger partial charge in [-0.25, -0.2) is 0 Å². The quantitative estimate of drug-likeness (QED) is 0.850. The van der Waals surface area contributed by atoms with Crippen LogP contribution in [0.25, 0.3) is 0 Å². The van der Waals surface area contributed by atoms with E-state index in [1.807, 2.05) is 24.3 Å². The molecule has 0 aliphatic rings. The van der Waals surface area contributed by atoms with Gasteiger partial charge in [-0.15, -0.1) is 0 Å². The topological polar surface area (TPSA) is 75.4 Å². The fourth-order valence-corrected chi connectivity index (χ4v) is 2.03. The first-order chi connectivity index (χ1) is 10.7. The number of nitriles is 1. The summed E-state index contributed by atoms with van der Waals surface area (Å²) >= 11 is 0. The number of hydrogen-bond acceptors (Lipinski definition) is 5. The Bertz CT molecular complexity index is 638. The SMILES string of the molecule is COc1ccc(C(O)CC#N)cc1OCCc1ccccn1. The molecule has 1 atom stereocenters. The second-order valence-electron chi connectivity index (χ2n) is 4.71. The van der Waals surface area contributed by atoms with Crippen molar-refractivity contribution >= 4 is 0 Å². The molecule has 0 bridgehead atoms. The standard InChI is InChI=1S/C17H18N2O3/c1-21-16-6-5-13(15(20)7-9-18)12-17(16)22-11-8-14-4-2-3-10-19-14/h2-6,10,12,15,20H,7-8,11H2,1H3. The maximum atomic E-state index is 9.88. The van der Waals surface area contributed by atoms with Crippen molar-refractivity contribution < 1.29 is 14.6 Å². The third-order valence-corrected chi connectivity index (χ3v) is 3.20. The minimum absolute atomic E-state index is 0.0414. The van der Waals surface area contributed by atoms with E-state index in [0.717, 1.165) is 5.69 Å². The van der Waals surface area contributed by atoms with Crippen molar-refractivity contribution in [3.8, 4) is 17.6 Å². The Labute approximate surface area is 129 Å². The lowest BCUT2D eigenvalue weighted by atomic mass is 10.1. The first kappa shape index (κ1) is 15.8. The number of rotatable bonds is 7. The molecule has 22 heavy (non-hydrogen) atoms. The zero-order valence-electron chi connectivity index (χ0n) is 12.4. The van der Waals surface area contributed by atoms with Crippen LogP contribution in [0.15, 0.2) is 42.6 Å². The van der Waals surface area contributed by atoms with Gasteiger partial charge in [0.25, 0.3) is 0 Å². The number of aromatic nitrogens is 1. The highest BCUT2D eigenvalue weighted by molar-refractivity contribution is 5.43. The van der Waals surface area contributed by atoms with Crippen LogP contribution in [0.4, 0.5) is 0 Å². The molecule has 1 aromatic carbocycles. The molecule has 114 valence electrons. The van der Waals surface area contributed by atoms with E-state index in [2.05, 4.69) is 4.98 Å². The fraction of sp³-hybridized carbons (Fsp3) is 0.294. The number of benzene rings is 1. The first-order valence-electron chi connectivity index (χ1n) is 7.00. The maximum Gasteiger partial charge on any atom is 0.161 e. The van der Waals surface area contributed by atoms with Crippen molar-refractivity contribution in [2.45, 2.75) is 18.9 Å². The average molecular weight is 298 g/mol. The highest BCUT2D eigenvalue weighted by atomic mass is 16.5. The average Bonchev–Trinajstić information content (AvgIpc) is 2.56. The van der Waals surface area contributed by atoms with Crippen LogP contribution in [-0.4, -0.2) is 23.8 Å². The van der Waals surface area contributed by atoms with Crippen molar-refractivity contribution in [1.82, 2.24) is 4.98 Å². The van der Waals surface area contributed by atoms with Gasteiger partial charge >= 0.3 is 0 Å². The highest BCUT2D eigenvalue weighted by Crippen LogP contribution is 2.31. The molecule has 0 amide bonds. The highest BCUT2D eigenvalue weighted by Gasteiger charge is 2.12. The Balaban J connectivity index is 2.04. The Morgan fingerprint density at radius 1 is 1.27 bits per heavy atom. The van der Waals surface area contributed by atoms with Gasteiger partial charge in [0.2, 0.25) is 0 Å². The predicted octanol–water partition coefficient (Wildman–Crippen LogP) is 2.66. The number of ether oxygens (including phenoxy) is 2. The number of nitrogens with zero attached hydrogens (tertiary/aromatic N) is 2. The zero-order chi connectivity index (χ0) is 15.8. The van der Waals surface area contributed by atoms with Crippen LogP contribution < -0.4 is 9.47 Å². The molecule has 0 aliphatic heterocycles. The van der Waals surface area contributed by atoms with Gasteiger partial charge in [0.15, 0.2) is 11.5 Å². The van der Waals surface area contributed by atoms with Crippen LogP contribution in [0.3, 0.4) is 0 Å². The molecule has 1 aromatic heterocycles. The monoisotopic (exact) mass is 298 g/mol. The van der Waals surface area contributed by atoms with Crippen LogP contribution in [0.1, 0.15) is 23.8 Å². The van der Waals surface area contributed by atoms with Crippen LogP contribution in [0.2, 0.25) is 0 Å². The number of methoxy groups -OCH3 is 1. The van der Waals surface area contributed by atoms with Crippen molar-refractivity contribution in [2.24, 2.45) is 0 Å².